The molecular formula is C19H16ClNO2. The third-order valence-corrected chi connectivity index (χ3v) is 4.27. The normalized spacial score (nSPS) is 13.6. The Hall–Kier alpha value is -2.39. The van der Waals surface area contributed by atoms with E-state index in [9.17, 15) is 9.59 Å². The number of benzene rings is 2. The van der Waals surface area contributed by atoms with E-state index in [1.54, 1.807) is 24.3 Å². The number of Topliss-reactive ketones (excluding diaryl/α,β-unsaturated/α-hetero) is 1. The first-order chi connectivity index (χ1) is 11.0. The Morgan fingerprint density at radius 2 is 1.78 bits per heavy atom. The second kappa shape index (κ2) is 6.01. The van der Waals surface area contributed by atoms with Gasteiger partial charge in [-0.25, -0.2) is 0 Å². The summed E-state index contributed by atoms with van der Waals surface area (Å²) in [5.74, 6) is -0.378. The molecule has 1 aliphatic rings. The minimum atomic E-state index is -0.199. The van der Waals surface area contributed by atoms with Crippen molar-refractivity contribution in [3.05, 3.63) is 75.4 Å². The molecule has 1 N–H and O–H groups in total. The molecule has 3 nitrogen and oxygen atoms in total. The second-order valence-electron chi connectivity index (χ2n) is 5.55. The van der Waals surface area contributed by atoms with Crippen LogP contribution in [0.5, 0.6) is 0 Å². The van der Waals surface area contributed by atoms with Gasteiger partial charge in [0, 0.05) is 17.2 Å². The van der Waals surface area contributed by atoms with Gasteiger partial charge in [-0.05, 0) is 30.5 Å². The van der Waals surface area contributed by atoms with Crippen LogP contribution >= 0.6 is 11.6 Å². The number of halogens is 1. The standard InChI is InChI=1S/C19H16ClNO2/c1-3-12-8-11(2)18(15(20)9-12)21-16-10-17(22)13-6-4-5-7-14(13)19(16)23/h4-10,21H,3H2,1-2H3. The number of aryl methyl sites for hydroxylation is 2. The number of ketones is 2. The van der Waals surface area contributed by atoms with Gasteiger partial charge < -0.3 is 5.32 Å². The Morgan fingerprint density at radius 3 is 2.43 bits per heavy atom. The van der Waals surface area contributed by atoms with E-state index in [-0.39, 0.29) is 17.3 Å². The van der Waals surface area contributed by atoms with Crippen LogP contribution in [0.1, 0.15) is 38.8 Å². The van der Waals surface area contributed by atoms with Crippen LogP contribution in [0.2, 0.25) is 5.02 Å². The van der Waals surface area contributed by atoms with Gasteiger partial charge in [0.15, 0.2) is 5.78 Å². The molecule has 23 heavy (non-hydrogen) atoms. The van der Waals surface area contributed by atoms with E-state index in [2.05, 4.69) is 12.2 Å². The fourth-order valence-electron chi connectivity index (χ4n) is 2.72. The van der Waals surface area contributed by atoms with Crippen molar-refractivity contribution in [2.24, 2.45) is 0 Å². The highest BCUT2D eigenvalue weighted by atomic mass is 35.5. The number of nitrogens with one attached hydrogen (secondary N) is 1. The third kappa shape index (κ3) is 2.80. The van der Waals surface area contributed by atoms with Crippen LogP contribution in [0.3, 0.4) is 0 Å². The Bertz CT molecular complexity index is 829. The molecule has 0 spiro atoms. The van der Waals surface area contributed by atoms with Gasteiger partial charge in [0.2, 0.25) is 5.78 Å². The lowest BCUT2D eigenvalue weighted by atomic mass is 9.92. The Morgan fingerprint density at radius 1 is 1.09 bits per heavy atom. The van der Waals surface area contributed by atoms with Gasteiger partial charge in [0.1, 0.15) is 0 Å². The Kier molecular flexibility index (Phi) is 4.05. The molecule has 0 amide bonds. The summed E-state index contributed by atoms with van der Waals surface area (Å²) in [5.41, 5.74) is 3.84. The third-order valence-electron chi connectivity index (χ3n) is 3.97. The molecule has 4 heteroatoms. The number of anilines is 1. The molecule has 0 radical (unpaired) electrons. The van der Waals surface area contributed by atoms with Crippen molar-refractivity contribution in [1.82, 2.24) is 0 Å². The maximum atomic E-state index is 12.6. The van der Waals surface area contributed by atoms with Crippen LogP contribution in [0.15, 0.2) is 48.2 Å². The number of rotatable bonds is 3. The maximum Gasteiger partial charge on any atom is 0.210 e. The first-order valence-corrected chi connectivity index (χ1v) is 7.85. The SMILES string of the molecule is CCc1cc(C)c(NC2=CC(=O)c3ccccc3C2=O)c(Cl)c1. The predicted octanol–water partition coefficient (Wildman–Crippen LogP) is 4.59. The molecule has 2 aromatic carbocycles. The first kappa shape index (κ1) is 15.5. The highest BCUT2D eigenvalue weighted by Crippen LogP contribution is 2.31. The molecule has 1 aliphatic carbocycles. The fourth-order valence-corrected chi connectivity index (χ4v) is 3.06. The molecule has 0 heterocycles. The van der Waals surface area contributed by atoms with Gasteiger partial charge in [-0.1, -0.05) is 48.9 Å². The number of fused-ring (bicyclic) bond motifs is 1. The molecule has 2 aromatic rings. The minimum Gasteiger partial charge on any atom is -0.351 e. The summed E-state index contributed by atoms with van der Waals surface area (Å²) in [4.78, 5) is 24.8. The van der Waals surface area contributed by atoms with E-state index in [1.165, 1.54) is 6.08 Å². The number of carbonyl (C=O) groups excluding carboxylic acids is 2. The largest absolute Gasteiger partial charge is 0.351 e. The number of carbonyl (C=O) groups is 2. The molecule has 0 saturated heterocycles. The van der Waals surface area contributed by atoms with Crippen LogP contribution < -0.4 is 5.32 Å². The van der Waals surface area contributed by atoms with Crippen molar-refractivity contribution in [2.75, 3.05) is 5.32 Å². The van der Waals surface area contributed by atoms with E-state index in [0.717, 1.165) is 17.5 Å². The van der Waals surface area contributed by atoms with Crippen LogP contribution in [0.4, 0.5) is 5.69 Å². The van der Waals surface area contributed by atoms with Gasteiger partial charge in [-0.15, -0.1) is 0 Å². The summed E-state index contributed by atoms with van der Waals surface area (Å²) in [7, 11) is 0. The molecule has 3 rings (SSSR count). The highest BCUT2D eigenvalue weighted by molar-refractivity contribution is 6.34. The van der Waals surface area contributed by atoms with E-state index in [1.807, 2.05) is 19.1 Å². The van der Waals surface area contributed by atoms with E-state index >= 15 is 0 Å². The monoisotopic (exact) mass is 325 g/mol. The number of hydrogen-bond donors (Lipinski definition) is 1. The molecule has 0 aromatic heterocycles. The second-order valence-corrected chi connectivity index (χ2v) is 5.95. The first-order valence-electron chi connectivity index (χ1n) is 7.47. The van der Waals surface area contributed by atoms with Crippen molar-refractivity contribution >= 4 is 28.9 Å². The molecule has 116 valence electrons. The molecule has 0 aliphatic heterocycles. The fraction of sp³-hybridized carbons (Fsp3) is 0.158. The zero-order valence-corrected chi connectivity index (χ0v) is 13.7. The summed E-state index contributed by atoms with van der Waals surface area (Å²) in [5, 5.41) is 3.59. The summed E-state index contributed by atoms with van der Waals surface area (Å²) in [6.45, 7) is 3.98. The van der Waals surface area contributed by atoms with Crippen LogP contribution in [0.25, 0.3) is 0 Å². The van der Waals surface area contributed by atoms with Crippen molar-refractivity contribution in [2.45, 2.75) is 20.3 Å². The van der Waals surface area contributed by atoms with E-state index < -0.39 is 0 Å². The van der Waals surface area contributed by atoms with Crippen molar-refractivity contribution < 1.29 is 9.59 Å². The van der Waals surface area contributed by atoms with Crippen molar-refractivity contribution in [1.29, 1.82) is 0 Å². The lowest BCUT2D eigenvalue weighted by molar-refractivity contribution is 0.0985. The van der Waals surface area contributed by atoms with E-state index in [4.69, 9.17) is 11.6 Å². The summed E-state index contributed by atoms with van der Waals surface area (Å²) in [6.07, 6.45) is 2.22. The molecule has 0 bridgehead atoms. The predicted molar refractivity (Wildman–Crippen MR) is 92.4 cm³/mol. The molecule has 0 atom stereocenters. The zero-order valence-electron chi connectivity index (χ0n) is 12.9. The molecule has 0 fully saturated rings. The highest BCUT2D eigenvalue weighted by Gasteiger charge is 2.25. The minimum absolute atomic E-state index is 0.179. The number of hydrogen-bond acceptors (Lipinski definition) is 3. The Balaban J connectivity index is 1.99. The Labute approximate surface area is 140 Å². The quantitative estimate of drug-likeness (QED) is 0.898. The van der Waals surface area contributed by atoms with Crippen LogP contribution in [-0.2, 0) is 6.42 Å². The maximum absolute atomic E-state index is 12.6. The summed E-state index contributed by atoms with van der Waals surface area (Å²) < 4.78 is 0. The van der Waals surface area contributed by atoms with Gasteiger partial charge in [-0.3, -0.25) is 9.59 Å². The summed E-state index contributed by atoms with van der Waals surface area (Å²) >= 11 is 6.33. The molecule has 0 saturated carbocycles. The smallest absolute Gasteiger partial charge is 0.210 e. The lowest BCUT2D eigenvalue weighted by Gasteiger charge is -2.19. The average Bonchev–Trinajstić information content (AvgIpc) is 2.55. The zero-order chi connectivity index (χ0) is 16.6. The lowest BCUT2D eigenvalue weighted by Crippen LogP contribution is -2.21. The average molecular weight is 326 g/mol. The van der Waals surface area contributed by atoms with Crippen molar-refractivity contribution in [3.8, 4) is 0 Å². The van der Waals surface area contributed by atoms with Crippen LogP contribution in [0, 0.1) is 6.92 Å². The summed E-state index contributed by atoms with van der Waals surface area (Å²) in [6, 6.07) is 10.7. The van der Waals surface area contributed by atoms with E-state index in [0.29, 0.717) is 21.8 Å². The van der Waals surface area contributed by atoms with Gasteiger partial charge in [0.25, 0.3) is 0 Å². The molecule has 0 unspecified atom stereocenters. The number of allylic oxidation sites excluding steroid dienone is 2. The topological polar surface area (TPSA) is 46.2 Å². The van der Waals surface area contributed by atoms with Gasteiger partial charge in [-0.2, -0.15) is 0 Å². The van der Waals surface area contributed by atoms with Gasteiger partial charge >= 0.3 is 0 Å². The molecular weight excluding hydrogens is 310 g/mol. The van der Waals surface area contributed by atoms with Gasteiger partial charge in [0.05, 0.1) is 16.4 Å². The van der Waals surface area contributed by atoms with Crippen molar-refractivity contribution in [3.63, 3.8) is 0 Å². The van der Waals surface area contributed by atoms with Crippen LogP contribution in [-0.4, -0.2) is 11.6 Å².